The van der Waals surface area contributed by atoms with Crippen molar-refractivity contribution >= 4 is 22.5 Å². The number of aromatic hydroxyl groups is 2. The molecule has 0 saturated heterocycles. The number of nitrogens with one attached hydrogen (secondary N) is 1. The highest BCUT2D eigenvalue weighted by atomic mass is 16.3. The first-order valence-electron chi connectivity index (χ1n) is 10.3. The van der Waals surface area contributed by atoms with Crippen molar-refractivity contribution < 1.29 is 10.2 Å². The number of hydrogen-bond donors (Lipinski definition) is 4. The summed E-state index contributed by atoms with van der Waals surface area (Å²) in [7, 11) is 0. The molecule has 0 fully saturated rings. The van der Waals surface area contributed by atoms with Gasteiger partial charge in [0, 0.05) is 12.1 Å². The van der Waals surface area contributed by atoms with E-state index in [0.717, 1.165) is 43.4 Å². The summed E-state index contributed by atoms with van der Waals surface area (Å²) in [4.78, 5) is 9.31. The molecule has 0 aliphatic heterocycles. The second-order valence-electron chi connectivity index (χ2n) is 7.41. The Morgan fingerprint density at radius 3 is 2.65 bits per heavy atom. The van der Waals surface area contributed by atoms with Gasteiger partial charge in [-0.1, -0.05) is 12.8 Å². The normalized spacial score (nSPS) is 11.1. The Kier molecular flexibility index (Phi) is 5.87. The maximum atomic E-state index is 9.96. The molecule has 0 unspecified atom stereocenters. The highest BCUT2D eigenvalue weighted by Gasteiger charge is 2.16. The van der Waals surface area contributed by atoms with E-state index in [1.165, 1.54) is 12.1 Å². The molecule has 4 aromatic rings. The van der Waals surface area contributed by atoms with Crippen LogP contribution in [0.25, 0.3) is 27.9 Å². The number of phenols is 2. The highest BCUT2D eigenvalue weighted by Crippen LogP contribution is 2.33. The third-order valence-corrected chi connectivity index (χ3v) is 5.25. The van der Waals surface area contributed by atoms with Crippen molar-refractivity contribution in [1.82, 2.24) is 14.4 Å². The molecule has 2 aromatic carbocycles. The van der Waals surface area contributed by atoms with Gasteiger partial charge in [-0.15, -0.1) is 0 Å². The van der Waals surface area contributed by atoms with Gasteiger partial charge in [0.2, 0.25) is 0 Å². The Balaban J connectivity index is 1.79. The minimum Gasteiger partial charge on any atom is -0.504 e. The summed E-state index contributed by atoms with van der Waals surface area (Å²) in [5.41, 5.74) is 9.64. The fraction of sp³-hybridized carbons (Fsp3) is 0.261. The zero-order valence-electron chi connectivity index (χ0n) is 17.0. The lowest BCUT2D eigenvalue weighted by Crippen LogP contribution is -2.07. The Hall–Kier alpha value is -3.83. The minimum absolute atomic E-state index is 0.181. The molecule has 31 heavy (non-hydrogen) atoms. The lowest BCUT2D eigenvalue weighted by atomic mass is 10.1. The van der Waals surface area contributed by atoms with Crippen LogP contribution in [0.4, 0.5) is 5.82 Å². The van der Waals surface area contributed by atoms with Gasteiger partial charge < -0.3 is 21.3 Å². The molecule has 158 valence electrons. The third-order valence-electron chi connectivity index (χ3n) is 5.25. The molecule has 0 saturated carbocycles. The molecule has 0 aliphatic rings. The molecule has 2 heterocycles. The van der Waals surface area contributed by atoms with E-state index in [9.17, 15) is 15.5 Å². The molecule has 0 aliphatic carbocycles. The summed E-state index contributed by atoms with van der Waals surface area (Å²) in [5.74, 6) is 0.254. The van der Waals surface area contributed by atoms with E-state index in [0.29, 0.717) is 34.7 Å². The van der Waals surface area contributed by atoms with Crippen molar-refractivity contribution in [2.45, 2.75) is 25.7 Å². The lowest BCUT2D eigenvalue weighted by Gasteiger charge is -2.12. The summed E-state index contributed by atoms with van der Waals surface area (Å²) in [6.45, 7) is 1.46. The van der Waals surface area contributed by atoms with Crippen molar-refractivity contribution in [2.24, 2.45) is 5.73 Å². The van der Waals surface area contributed by atoms with Crippen LogP contribution in [-0.2, 0) is 0 Å². The average molecular weight is 416 g/mol. The number of nitrogens with two attached hydrogens (primary N) is 1. The van der Waals surface area contributed by atoms with Crippen molar-refractivity contribution in [2.75, 3.05) is 18.4 Å². The maximum Gasteiger partial charge on any atom is 0.181 e. The number of unbranched alkanes of at least 4 members (excludes halogenated alkanes) is 3. The second-order valence-corrected chi connectivity index (χ2v) is 7.41. The van der Waals surface area contributed by atoms with Crippen LogP contribution in [0.1, 0.15) is 31.2 Å². The van der Waals surface area contributed by atoms with Gasteiger partial charge in [0.15, 0.2) is 23.0 Å². The first-order valence-corrected chi connectivity index (χ1v) is 10.3. The maximum absolute atomic E-state index is 9.96. The lowest BCUT2D eigenvalue weighted by molar-refractivity contribution is 0.404. The van der Waals surface area contributed by atoms with Gasteiger partial charge in [-0.05, 0) is 55.8 Å². The summed E-state index contributed by atoms with van der Waals surface area (Å²) < 4.78 is 1.95. The van der Waals surface area contributed by atoms with E-state index in [-0.39, 0.29) is 11.5 Å². The number of nitriles is 1. The van der Waals surface area contributed by atoms with E-state index in [1.807, 2.05) is 10.5 Å². The standard InChI is InChI=1S/C23H24N6O2/c24-9-3-1-2-4-10-26-22-23-27-14-19(16-6-8-20(30)21(31)12-16)29(23)18-7-5-15(13-25)11-17(18)28-22/h5-8,11-12,14,30-31H,1-4,9-10,24H2,(H,26,28). The number of rotatable bonds is 8. The molecule has 0 bridgehead atoms. The fourth-order valence-electron chi connectivity index (χ4n) is 3.64. The highest BCUT2D eigenvalue weighted by molar-refractivity contribution is 5.87. The molecule has 2 aromatic heterocycles. The van der Waals surface area contributed by atoms with Gasteiger partial charge in [-0.2, -0.15) is 5.26 Å². The predicted octanol–water partition coefficient (Wildman–Crippen LogP) is 3.76. The Morgan fingerprint density at radius 1 is 1.03 bits per heavy atom. The van der Waals surface area contributed by atoms with Crippen LogP contribution in [0.2, 0.25) is 0 Å². The quantitative estimate of drug-likeness (QED) is 0.254. The van der Waals surface area contributed by atoms with Crippen LogP contribution in [-0.4, -0.2) is 37.7 Å². The monoisotopic (exact) mass is 416 g/mol. The summed E-state index contributed by atoms with van der Waals surface area (Å²) in [6, 6.07) is 12.2. The number of nitrogens with zero attached hydrogens (tertiary/aromatic N) is 4. The van der Waals surface area contributed by atoms with E-state index < -0.39 is 0 Å². The van der Waals surface area contributed by atoms with Crippen LogP contribution in [0, 0.1) is 11.3 Å². The van der Waals surface area contributed by atoms with Crippen LogP contribution in [0.3, 0.4) is 0 Å². The molecule has 0 amide bonds. The zero-order valence-corrected chi connectivity index (χ0v) is 17.0. The summed E-state index contributed by atoms with van der Waals surface area (Å²) in [6.07, 6.45) is 5.91. The molecular weight excluding hydrogens is 392 g/mol. The molecular formula is C23H24N6O2. The van der Waals surface area contributed by atoms with Gasteiger partial charge in [-0.25, -0.2) is 9.97 Å². The zero-order chi connectivity index (χ0) is 21.8. The number of benzene rings is 2. The van der Waals surface area contributed by atoms with E-state index in [2.05, 4.69) is 16.4 Å². The summed E-state index contributed by atoms with van der Waals surface area (Å²) in [5, 5.41) is 32.3. The molecule has 8 heteroatoms. The van der Waals surface area contributed by atoms with Crippen molar-refractivity contribution in [3.05, 3.63) is 48.2 Å². The fourth-order valence-corrected chi connectivity index (χ4v) is 3.64. The Morgan fingerprint density at radius 2 is 1.87 bits per heavy atom. The SMILES string of the molecule is N#Cc1ccc2c(c1)nc(NCCCCCCN)c1ncc(-c3ccc(O)c(O)c3)n12. The average Bonchev–Trinajstić information content (AvgIpc) is 3.23. The molecule has 5 N–H and O–H groups in total. The summed E-state index contributed by atoms with van der Waals surface area (Å²) >= 11 is 0. The van der Waals surface area contributed by atoms with Crippen LogP contribution in [0.15, 0.2) is 42.6 Å². The molecule has 0 radical (unpaired) electrons. The first-order chi connectivity index (χ1) is 15.1. The van der Waals surface area contributed by atoms with Gasteiger partial charge >= 0.3 is 0 Å². The Bertz CT molecular complexity index is 1270. The molecule has 8 nitrogen and oxygen atoms in total. The van der Waals surface area contributed by atoms with Crippen LogP contribution >= 0.6 is 0 Å². The van der Waals surface area contributed by atoms with E-state index in [1.54, 1.807) is 24.4 Å². The van der Waals surface area contributed by atoms with E-state index >= 15 is 0 Å². The topological polar surface area (TPSA) is 132 Å². The van der Waals surface area contributed by atoms with Crippen molar-refractivity contribution in [1.29, 1.82) is 5.26 Å². The Labute approximate surface area is 179 Å². The molecule has 0 spiro atoms. The predicted molar refractivity (Wildman–Crippen MR) is 120 cm³/mol. The number of hydrogen-bond acceptors (Lipinski definition) is 7. The number of aromatic nitrogens is 3. The van der Waals surface area contributed by atoms with Crippen molar-refractivity contribution in [3.63, 3.8) is 0 Å². The number of anilines is 1. The molecule has 4 rings (SSSR count). The van der Waals surface area contributed by atoms with Gasteiger partial charge in [0.1, 0.15) is 0 Å². The smallest absolute Gasteiger partial charge is 0.181 e. The molecule has 0 atom stereocenters. The minimum atomic E-state index is -0.201. The van der Waals surface area contributed by atoms with Gasteiger partial charge in [0.25, 0.3) is 0 Å². The number of phenolic OH excluding ortho intramolecular Hbond substituents is 2. The second kappa shape index (κ2) is 8.90. The van der Waals surface area contributed by atoms with Crippen molar-refractivity contribution in [3.8, 4) is 28.8 Å². The van der Waals surface area contributed by atoms with E-state index in [4.69, 9.17) is 10.7 Å². The third kappa shape index (κ3) is 4.09. The van der Waals surface area contributed by atoms with Gasteiger partial charge in [0.05, 0.1) is 34.6 Å². The van der Waals surface area contributed by atoms with Crippen LogP contribution in [0.5, 0.6) is 11.5 Å². The van der Waals surface area contributed by atoms with Crippen LogP contribution < -0.4 is 11.1 Å². The number of fused-ring (bicyclic) bond motifs is 3. The largest absolute Gasteiger partial charge is 0.504 e. The number of imidazole rings is 1. The van der Waals surface area contributed by atoms with Gasteiger partial charge in [-0.3, -0.25) is 4.40 Å². The first kappa shape index (κ1) is 20.4.